The minimum absolute atomic E-state index is 0.405. The molecular weight excluding hydrogens is 248 g/mol. The molecule has 19 heavy (non-hydrogen) atoms. The molecule has 104 valence electrons. The zero-order chi connectivity index (χ0) is 14.6. The number of hydrogen-bond donors (Lipinski definition) is 3. The van der Waals surface area contributed by atoms with Gasteiger partial charge in [0.1, 0.15) is 5.75 Å². The maximum absolute atomic E-state index is 11.5. The molecule has 4 N–H and O–H groups in total. The van der Waals surface area contributed by atoms with Crippen LogP contribution in [-0.4, -0.2) is 23.1 Å². The Morgan fingerprint density at radius 1 is 1.37 bits per heavy atom. The van der Waals surface area contributed by atoms with Crippen molar-refractivity contribution in [3.63, 3.8) is 0 Å². The second-order valence-corrected chi connectivity index (χ2v) is 4.33. The Bertz CT molecular complexity index is 486. The first kappa shape index (κ1) is 15.0. The number of hydrogen-bond acceptors (Lipinski definition) is 4. The van der Waals surface area contributed by atoms with Crippen LogP contribution in [0.2, 0.25) is 0 Å². The molecule has 0 aliphatic carbocycles. The molecule has 0 bridgehead atoms. The first-order valence-corrected chi connectivity index (χ1v) is 5.87. The highest BCUT2D eigenvalue weighted by Gasteiger charge is 2.19. The summed E-state index contributed by atoms with van der Waals surface area (Å²) in [7, 11) is 0. The second kappa shape index (κ2) is 6.19. The molecule has 2 unspecified atom stereocenters. The van der Waals surface area contributed by atoms with Crippen LogP contribution in [0.3, 0.4) is 0 Å². The summed E-state index contributed by atoms with van der Waals surface area (Å²) in [4.78, 5) is 22.1. The molecule has 2 atom stereocenters. The van der Waals surface area contributed by atoms with Gasteiger partial charge in [-0.05, 0) is 32.4 Å². The predicted molar refractivity (Wildman–Crippen MR) is 69.6 cm³/mol. The first-order chi connectivity index (χ1) is 8.81. The number of carbonyl (C=O) groups is 2. The van der Waals surface area contributed by atoms with Crippen molar-refractivity contribution in [3.05, 3.63) is 29.3 Å². The van der Waals surface area contributed by atoms with Crippen molar-refractivity contribution < 1.29 is 19.4 Å². The van der Waals surface area contributed by atoms with Crippen LogP contribution in [0.1, 0.15) is 31.1 Å². The fourth-order valence-corrected chi connectivity index (χ4v) is 1.56. The normalized spacial score (nSPS) is 13.5. The van der Waals surface area contributed by atoms with E-state index in [0.717, 1.165) is 5.56 Å². The van der Waals surface area contributed by atoms with E-state index in [2.05, 4.69) is 0 Å². The van der Waals surface area contributed by atoms with E-state index in [1.165, 1.54) is 6.92 Å². The Kier molecular flexibility index (Phi) is 4.88. The molecule has 0 aliphatic rings. The third-order valence-electron chi connectivity index (χ3n) is 2.54. The molecule has 1 aromatic carbocycles. The third-order valence-corrected chi connectivity index (χ3v) is 2.54. The van der Waals surface area contributed by atoms with Gasteiger partial charge in [0, 0.05) is 5.56 Å². The Labute approximate surface area is 111 Å². The number of urea groups is 1. The van der Waals surface area contributed by atoms with Crippen LogP contribution < -0.4 is 15.8 Å². The topological polar surface area (TPSA) is 102 Å². The summed E-state index contributed by atoms with van der Waals surface area (Å²) in [5.41, 5.74) is 6.37. The fraction of sp³-hybridized carbons (Fsp3) is 0.385. The van der Waals surface area contributed by atoms with Gasteiger partial charge in [0.05, 0.1) is 6.10 Å². The van der Waals surface area contributed by atoms with Crippen LogP contribution in [-0.2, 0) is 4.79 Å². The lowest BCUT2D eigenvalue weighted by atomic mass is 10.1. The largest absolute Gasteiger partial charge is 0.480 e. The highest BCUT2D eigenvalue weighted by molar-refractivity contribution is 5.95. The fourth-order valence-electron chi connectivity index (χ4n) is 1.56. The van der Waals surface area contributed by atoms with Gasteiger partial charge in [-0.2, -0.15) is 0 Å². The molecular formula is C13H18N2O4. The average Bonchev–Trinajstić information content (AvgIpc) is 2.27. The van der Waals surface area contributed by atoms with Crippen LogP contribution in [0.4, 0.5) is 4.79 Å². The maximum atomic E-state index is 11.5. The number of imide groups is 1. The third kappa shape index (κ3) is 4.26. The van der Waals surface area contributed by atoms with E-state index in [9.17, 15) is 14.7 Å². The number of nitrogens with one attached hydrogen (secondary N) is 1. The van der Waals surface area contributed by atoms with Crippen molar-refractivity contribution in [2.24, 2.45) is 5.73 Å². The summed E-state index contributed by atoms with van der Waals surface area (Å²) in [6, 6.07) is 4.35. The number of nitrogens with two attached hydrogens (primary N) is 1. The van der Waals surface area contributed by atoms with E-state index in [0.29, 0.717) is 11.3 Å². The Morgan fingerprint density at radius 2 is 2.00 bits per heavy atom. The number of aryl methyl sites for hydroxylation is 1. The summed E-state index contributed by atoms with van der Waals surface area (Å²) in [5, 5.41) is 11.6. The van der Waals surface area contributed by atoms with Crippen molar-refractivity contribution in [2.75, 3.05) is 0 Å². The van der Waals surface area contributed by atoms with Crippen molar-refractivity contribution in [3.8, 4) is 5.75 Å². The number of aliphatic hydroxyl groups is 1. The Morgan fingerprint density at radius 3 is 2.53 bits per heavy atom. The summed E-state index contributed by atoms with van der Waals surface area (Å²) in [6.07, 6.45) is -1.62. The van der Waals surface area contributed by atoms with Gasteiger partial charge in [-0.1, -0.05) is 12.1 Å². The average molecular weight is 266 g/mol. The molecule has 0 saturated carbocycles. The summed E-state index contributed by atoms with van der Waals surface area (Å²) < 4.78 is 5.47. The van der Waals surface area contributed by atoms with Gasteiger partial charge in [-0.3, -0.25) is 10.1 Å². The molecule has 0 aliphatic heterocycles. The Hall–Kier alpha value is -2.08. The molecule has 1 aromatic rings. The van der Waals surface area contributed by atoms with Crippen molar-refractivity contribution in [1.82, 2.24) is 5.32 Å². The van der Waals surface area contributed by atoms with Crippen LogP contribution in [0.5, 0.6) is 5.75 Å². The lowest BCUT2D eigenvalue weighted by Crippen LogP contribution is -2.42. The zero-order valence-corrected chi connectivity index (χ0v) is 11.1. The number of carbonyl (C=O) groups excluding carboxylic acids is 2. The second-order valence-electron chi connectivity index (χ2n) is 4.33. The van der Waals surface area contributed by atoms with Crippen molar-refractivity contribution in [2.45, 2.75) is 33.0 Å². The van der Waals surface area contributed by atoms with Crippen LogP contribution in [0.25, 0.3) is 0 Å². The monoisotopic (exact) mass is 266 g/mol. The Balaban J connectivity index is 2.89. The lowest BCUT2D eigenvalue weighted by Gasteiger charge is -2.18. The van der Waals surface area contributed by atoms with Gasteiger partial charge in [0.15, 0.2) is 6.10 Å². The molecule has 0 radical (unpaired) electrons. The number of rotatable bonds is 4. The molecule has 0 saturated heterocycles. The molecule has 0 fully saturated rings. The summed E-state index contributed by atoms with van der Waals surface area (Å²) in [6.45, 7) is 4.96. The van der Waals surface area contributed by atoms with E-state index in [1.54, 1.807) is 19.1 Å². The van der Waals surface area contributed by atoms with Gasteiger partial charge in [-0.15, -0.1) is 0 Å². The quantitative estimate of drug-likeness (QED) is 0.756. The van der Waals surface area contributed by atoms with Gasteiger partial charge in [-0.25, -0.2) is 4.79 Å². The SMILES string of the molecule is Cc1ccc(C(C)O)c(OC(C)C(=O)NC(N)=O)c1. The van der Waals surface area contributed by atoms with Gasteiger partial charge >= 0.3 is 6.03 Å². The highest BCUT2D eigenvalue weighted by atomic mass is 16.5. The van der Waals surface area contributed by atoms with E-state index in [1.807, 2.05) is 18.3 Å². The van der Waals surface area contributed by atoms with Gasteiger partial charge in [0.2, 0.25) is 0 Å². The summed E-state index contributed by atoms with van der Waals surface area (Å²) >= 11 is 0. The minimum atomic E-state index is -0.930. The molecule has 0 heterocycles. The van der Waals surface area contributed by atoms with Crippen molar-refractivity contribution in [1.29, 1.82) is 0 Å². The lowest BCUT2D eigenvalue weighted by molar-refractivity contribution is -0.126. The van der Waals surface area contributed by atoms with Gasteiger partial charge < -0.3 is 15.6 Å². The van der Waals surface area contributed by atoms with Crippen LogP contribution >= 0.6 is 0 Å². The molecule has 6 heteroatoms. The van der Waals surface area contributed by atoms with Gasteiger partial charge in [0.25, 0.3) is 5.91 Å². The van der Waals surface area contributed by atoms with Crippen LogP contribution in [0, 0.1) is 6.92 Å². The molecule has 3 amide bonds. The number of aliphatic hydroxyl groups excluding tert-OH is 1. The van der Waals surface area contributed by atoms with E-state index < -0.39 is 24.1 Å². The molecule has 1 rings (SSSR count). The molecule has 6 nitrogen and oxygen atoms in total. The van der Waals surface area contributed by atoms with E-state index >= 15 is 0 Å². The predicted octanol–water partition coefficient (Wildman–Crippen LogP) is 1.01. The smallest absolute Gasteiger partial charge is 0.318 e. The number of primary amides is 1. The van der Waals surface area contributed by atoms with Crippen molar-refractivity contribution >= 4 is 11.9 Å². The minimum Gasteiger partial charge on any atom is -0.480 e. The standard InChI is InChI=1S/C13H18N2O4/c1-7-4-5-10(8(2)16)11(6-7)19-9(3)12(17)15-13(14)18/h4-6,8-9,16H,1-3H3,(H3,14,15,17,18). The van der Waals surface area contributed by atoms with E-state index in [4.69, 9.17) is 10.5 Å². The van der Waals surface area contributed by atoms with E-state index in [-0.39, 0.29) is 0 Å². The highest BCUT2D eigenvalue weighted by Crippen LogP contribution is 2.27. The number of ether oxygens (including phenoxy) is 1. The first-order valence-electron chi connectivity index (χ1n) is 5.87. The van der Waals surface area contributed by atoms with Crippen LogP contribution in [0.15, 0.2) is 18.2 Å². The molecule has 0 spiro atoms. The maximum Gasteiger partial charge on any atom is 0.318 e. The molecule has 0 aromatic heterocycles. The number of benzene rings is 1. The zero-order valence-electron chi connectivity index (χ0n) is 11.1. The summed E-state index contributed by atoms with van der Waals surface area (Å²) in [5.74, 6) is -0.229. The number of amides is 3.